The number of nitrogens with one attached hydrogen (secondary N) is 1. The molecule has 0 bridgehead atoms. The fourth-order valence-corrected chi connectivity index (χ4v) is 2.65. The fraction of sp³-hybridized carbons (Fsp3) is 0.176. The molecule has 2 aromatic rings. The Kier molecular flexibility index (Phi) is 6.96. The van der Waals surface area contributed by atoms with Gasteiger partial charge in [-0.05, 0) is 36.4 Å². The molecular weight excluding hydrogens is 348 g/mol. The van der Waals surface area contributed by atoms with Crippen molar-refractivity contribution in [3.8, 4) is 5.75 Å². The molecular formula is C17H17ClN2O3S. The molecule has 3 N–H and O–H groups in total. The summed E-state index contributed by atoms with van der Waals surface area (Å²) in [7, 11) is 0. The second-order valence-electron chi connectivity index (χ2n) is 4.85. The van der Waals surface area contributed by atoms with Crippen LogP contribution in [0.25, 0.3) is 0 Å². The zero-order valence-electron chi connectivity index (χ0n) is 12.8. The predicted molar refractivity (Wildman–Crippen MR) is 96.6 cm³/mol. The molecule has 2 aromatic carbocycles. The average molecular weight is 365 g/mol. The Balaban J connectivity index is 1.88. The van der Waals surface area contributed by atoms with E-state index >= 15 is 0 Å². The predicted octanol–water partition coefficient (Wildman–Crippen LogP) is 3.33. The number of halogens is 1. The first-order chi connectivity index (χ1) is 11.5. The zero-order valence-corrected chi connectivity index (χ0v) is 14.4. The number of ether oxygens (including phenoxy) is 1. The summed E-state index contributed by atoms with van der Waals surface area (Å²) >= 11 is 7.24. The lowest BCUT2D eigenvalue weighted by Gasteiger charge is -2.12. The average Bonchev–Trinajstić information content (AvgIpc) is 2.55. The molecule has 0 saturated heterocycles. The molecule has 0 fully saturated rings. The molecule has 0 saturated carbocycles. The number of nitrogens with two attached hydrogens (primary N) is 1. The molecule has 0 aliphatic carbocycles. The number of carbonyl (C=O) groups is 2. The van der Waals surface area contributed by atoms with Gasteiger partial charge in [0.05, 0.1) is 24.5 Å². The molecule has 0 aromatic heterocycles. The van der Waals surface area contributed by atoms with Crippen LogP contribution in [0.2, 0.25) is 5.02 Å². The molecule has 0 heterocycles. The number of anilines is 1. The highest BCUT2D eigenvalue weighted by Gasteiger charge is 2.08. The fourth-order valence-electron chi connectivity index (χ4n) is 1.82. The highest BCUT2D eigenvalue weighted by molar-refractivity contribution is 8.00. The molecule has 7 heteroatoms. The van der Waals surface area contributed by atoms with Gasteiger partial charge >= 0.3 is 0 Å². The highest BCUT2D eigenvalue weighted by Crippen LogP contribution is 2.25. The Hall–Kier alpha value is -2.18. The van der Waals surface area contributed by atoms with Crippen molar-refractivity contribution in [3.63, 3.8) is 0 Å². The maximum atomic E-state index is 12.1. The number of thioether (sulfide) groups is 1. The third kappa shape index (κ3) is 6.14. The topological polar surface area (TPSA) is 81.4 Å². The van der Waals surface area contributed by atoms with E-state index in [1.807, 2.05) is 12.1 Å². The molecule has 2 rings (SSSR count). The molecule has 24 heavy (non-hydrogen) atoms. The van der Waals surface area contributed by atoms with Gasteiger partial charge in [0.15, 0.2) is 0 Å². The quantitative estimate of drug-likeness (QED) is 0.704. The number of rotatable bonds is 8. The number of amides is 2. The van der Waals surface area contributed by atoms with Crippen molar-refractivity contribution in [2.24, 2.45) is 5.73 Å². The number of hydrogen-bond acceptors (Lipinski definition) is 4. The van der Waals surface area contributed by atoms with Crippen molar-refractivity contribution in [1.82, 2.24) is 0 Å². The summed E-state index contributed by atoms with van der Waals surface area (Å²) in [5.41, 5.74) is 5.64. The van der Waals surface area contributed by atoms with E-state index in [-0.39, 0.29) is 24.7 Å². The number of primary amides is 1. The minimum atomic E-state index is -0.434. The van der Waals surface area contributed by atoms with Crippen LogP contribution in [0.15, 0.2) is 53.4 Å². The number of benzene rings is 2. The number of para-hydroxylation sites is 2. The van der Waals surface area contributed by atoms with Crippen molar-refractivity contribution in [3.05, 3.63) is 53.6 Å². The summed E-state index contributed by atoms with van der Waals surface area (Å²) in [5, 5.41) is 3.46. The van der Waals surface area contributed by atoms with Gasteiger partial charge in [0.1, 0.15) is 5.75 Å². The lowest BCUT2D eigenvalue weighted by Crippen LogP contribution is -2.17. The summed E-state index contributed by atoms with van der Waals surface area (Å²) in [6.07, 6.45) is 0.120. The Morgan fingerprint density at radius 3 is 2.54 bits per heavy atom. The standard InChI is InChI=1S/C17H17ClN2O3S/c18-12-5-7-13(8-6-12)24-11-17(22)20-14-3-1-2-4-15(14)23-10-9-16(19)21/h1-8H,9-11H2,(H2,19,21)(H,20,22). The Labute approximate surface area is 149 Å². The molecule has 2 amide bonds. The maximum absolute atomic E-state index is 12.1. The monoisotopic (exact) mass is 364 g/mol. The van der Waals surface area contributed by atoms with Crippen LogP contribution in [-0.4, -0.2) is 24.2 Å². The van der Waals surface area contributed by atoms with E-state index in [1.54, 1.807) is 36.4 Å². The second-order valence-corrected chi connectivity index (χ2v) is 6.34. The van der Waals surface area contributed by atoms with Crippen LogP contribution in [0, 0.1) is 0 Å². The van der Waals surface area contributed by atoms with Gasteiger partial charge in [0.2, 0.25) is 11.8 Å². The van der Waals surface area contributed by atoms with Crippen LogP contribution >= 0.6 is 23.4 Å². The Morgan fingerprint density at radius 1 is 1.12 bits per heavy atom. The SMILES string of the molecule is NC(=O)CCOc1ccccc1NC(=O)CSc1ccc(Cl)cc1. The van der Waals surface area contributed by atoms with Gasteiger partial charge in [-0.2, -0.15) is 0 Å². The van der Waals surface area contributed by atoms with Crippen molar-refractivity contribution < 1.29 is 14.3 Å². The molecule has 126 valence electrons. The van der Waals surface area contributed by atoms with Crippen LogP contribution in [-0.2, 0) is 9.59 Å². The third-order valence-electron chi connectivity index (χ3n) is 2.95. The Morgan fingerprint density at radius 2 is 1.83 bits per heavy atom. The van der Waals surface area contributed by atoms with Gasteiger partial charge in [0.25, 0.3) is 0 Å². The summed E-state index contributed by atoms with van der Waals surface area (Å²) in [6, 6.07) is 14.3. The van der Waals surface area contributed by atoms with Gasteiger partial charge in [-0.15, -0.1) is 11.8 Å². The summed E-state index contributed by atoms with van der Waals surface area (Å²) in [5.74, 6) is 0.178. The normalized spacial score (nSPS) is 10.2. The first-order valence-corrected chi connectivity index (χ1v) is 8.59. The first-order valence-electron chi connectivity index (χ1n) is 7.23. The van der Waals surface area contributed by atoms with Gasteiger partial charge < -0.3 is 15.8 Å². The number of carbonyl (C=O) groups excluding carboxylic acids is 2. The molecule has 0 unspecified atom stereocenters. The van der Waals surface area contributed by atoms with Crippen molar-refractivity contribution in [2.75, 3.05) is 17.7 Å². The molecule has 0 aliphatic rings. The van der Waals surface area contributed by atoms with Gasteiger partial charge in [-0.25, -0.2) is 0 Å². The smallest absolute Gasteiger partial charge is 0.234 e. The van der Waals surface area contributed by atoms with Crippen LogP contribution in [0.3, 0.4) is 0 Å². The maximum Gasteiger partial charge on any atom is 0.234 e. The largest absolute Gasteiger partial charge is 0.491 e. The van der Waals surface area contributed by atoms with E-state index in [2.05, 4.69) is 5.32 Å². The third-order valence-corrected chi connectivity index (χ3v) is 4.21. The van der Waals surface area contributed by atoms with Gasteiger partial charge in [0, 0.05) is 9.92 Å². The zero-order chi connectivity index (χ0) is 17.4. The van der Waals surface area contributed by atoms with Crippen LogP contribution in [0.1, 0.15) is 6.42 Å². The molecule has 0 radical (unpaired) electrons. The molecule has 5 nitrogen and oxygen atoms in total. The Bertz CT molecular complexity index is 707. The minimum Gasteiger partial charge on any atom is -0.491 e. The minimum absolute atomic E-state index is 0.120. The second kappa shape index (κ2) is 9.20. The van der Waals surface area contributed by atoms with Crippen molar-refractivity contribution in [2.45, 2.75) is 11.3 Å². The van der Waals surface area contributed by atoms with E-state index < -0.39 is 5.91 Å². The van der Waals surface area contributed by atoms with Gasteiger partial charge in [-0.3, -0.25) is 9.59 Å². The van der Waals surface area contributed by atoms with Gasteiger partial charge in [-0.1, -0.05) is 23.7 Å². The van der Waals surface area contributed by atoms with E-state index in [1.165, 1.54) is 11.8 Å². The van der Waals surface area contributed by atoms with Crippen LogP contribution in [0.4, 0.5) is 5.69 Å². The lowest BCUT2D eigenvalue weighted by atomic mass is 10.3. The van der Waals surface area contributed by atoms with E-state index in [0.717, 1.165) is 4.90 Å². The van der Waals surface area contributed by atoms with Crippen molar-refractivity contribution in [1.29, 1.82) is 0 Å². The summed E-state index contributed by atoms with van der Waals surface area (Å²) in [4.78, 5) is 23.8. The first kappa shape index (κ1) is 18.2. The van der Waals surface area contributed by atoms with Crippen LogP contribution < -0.4 is 15.8 Å². The summed E-state index contributed by atoms with van der Waals surface area (Å²) < 4.78 is 5.49. The van der Waals surface area contributed by atoms with Crippen molar-refractivity contribution >= 4 is 40.9 Å². The molecule has 0 atom stereocenters. The number of hydrogen-bond donors (Lipinski definition) is 2. The lowest BCUT2D eigenvalue weighted by molar-refractivity contribution is -0.118. The van der Waals surface area contributed by atoms with E-state index in [9.17, 15) is 9.59 Å². The highest BCUT2D eigenvalue weighted by atomic mass is 35.5. The van der Waals surface area contributed by atoms with E-state index in [0.29, 0.717) is 16.5 Å². The van der Waals surface area contributed by atoms with Crippen LogP contribution in [0.5, 0.6) is 5.75 Å². The van der Waals surface area contributed by atoms with E-state index in [4.69, 9.17) is 22.1 Å². The molecule has 0 spiro atoms. The summed E-state index contributed by atoms with van der Waals surface area (Å²) in [6.45, 7) is 0.168. The molecule has 0 aliphatic heterocycles.